The van der Waals surface area contributed by atoms with Crippen molar-refractivity contribution >= 4 is 35.4 Å². The largest absolute Gasteiger partial charge is 0.496 e. The first-order chi connectivity index (χ1) is 12.0. The van der Waals surface area contributed by atoms with E-state index in [-0.39, 0.29) is 18.0 Å². The van der Waals surface area contributed by atoms with Gasteiger partial charge >= 0.3 is 0 Å². The maximum Gasteiger partial charge on any atom is 0.269 e. The van der Waals surface area contributed by atoms with E-state index in [1.165, 1.54) is 7.11 Å². The van der Waals surface area contributed by atoms with Gasteiger partial charge in [-0.15, -0.1) is 0 Å². The van der Waals surface area contributed by atoms with Crippen LogP contribution in [0, 0.1) is 0 Å². The molecular formula is C15H18BBrN4O4. The number of nitrogens with zero attached hydrogens (tertiary/aromatic N) is 2. The number of nitrogens with one attached hydrogen (secondary N) is 2. The number of aliphatic hydroxyl groups excluding tert-OH is 1. The predicted molar refractivity (Wildman–Crippen MR) is 96.8 cm³/mol. The molecule has 0 unspecified atom stereocenters. The molecule has 25 heavy (non-hydrogen) atoms. The second-order valence-corrected chi connectivity index (χ2v) is 6.81. The summed E-state index contributed by atoms with van der Waals surface area (Å²) in [4.78, 5) is 24.7. The number of oxime groups is 1. The van der Waals surface area contributed by atoms with Gasteiger partial charge in [-0.1, -0.05) is 5.16 Å². The lowest BCUT2D eigenvalue weighted by Crippen LogP contribution is -2.45. The van der Waals surface area contributed by atoms with Gasteiger partial charge in [0.1, 0.15) is 25.4 Å². The third kappa shape index (κ3) is 3.36. The number of methoxy groups -OCH3 is 1. The third-order valence-corrected chi connectivity index (χ3v) is 5.00. The van der Waals surface area contributed by atoms with Crippen molar-refractivity contribution < 1.29 is 19.5 Å². The highest BCUT2D eigenvalue weighted by Gasteiger charge is 2.50. The van der Waals surface area contributed by atoms with Crippen molar-refractivity contribution in [2.45, 2.75) is 24.5 Å². The van der Waals surface area contributed by atoms with E-state index in [0.29, 0.717) is 23.2 Å². The van der Waals surface area contributed by atoms with Crippen molar-refractivity contribution in [2.24, 2.45) is 5.16 Å². The van der Waals surface area contributed by atoms with Crippen molar-refractivity contribution in [3.8, 4) is 0 Å². The number of aliphatic hydroxyl groups is 1. The van der Waals surface area contributed by atoms with Gasteiger partial charge in [0, 0.05) is 31.3 Å². The highest BCUT2D eigenvalue weighted by Crippen LogP contribution is 2.41. The first-order valence-electron chi connectivity index (χ1n) is 7.79. The van der Waals surface area contributed by atoms with E-state index in [9.17, 15) is 9.90 Å². The average Bonchev–Trinajstić information content (AvgIpc) is 3.24. The highest BCUT2D eigenvalue weighted by atomic mass is 79.9. The zero-order valence-corrected chi connectivity index (χ0v) is 15.5. The van der Waals surface area contributed by atoms with E-state index < -0.39 is 11.7 Å². The monoisotopic (exact) mass is 408 g/mol. The Morgan fingerprint density at radius 3 is 3.16 bits per heavy atom. The summed E-state index contributed by atoms with van der Waals surface area (Å²) >= 11 is 3.35. The van der Waals surface area contributed by atoms with Gasteiger partial charge < -0.3 is 25.0 Å². The van der Waals surface area contributed by atoms with Crippen LogP contribution in [-0.4, -0.2) is 59.9 Å². The van der Waals surface area contributed by atoms with Crippen molar-refractivity contribution in [1.29, 1.82) is 0 Å². The number of halogens is 1. The predicted octanol–water partition coefficient (Wildman–Crippen LogP) is -0.272. The first kappa shape index (κ1) is 17.7. The number of aromatic amines is 1. The molecule has 1 spiro atoms. The summed E-state index contributed by atoms with van der Waals surface area (Å²) in [7, 11) is 3.38. The molecule has 2 heterocycles. The molecule has 1 aliphatic carbocycles. The zero-order chi connectivity index (χ0) is 18.0. The van der Waals surface area contributed by atoms with Crippen molar-refractivity contribution in [3.63, 3.8) is 0 Å². The minimum atomic E-state index is -1.10. The molecule has 0 saturated heterocycles. The van der Waals surface area contributed by atoms with E-state index >= 15 is 0 Å². The molecule has 3 rings (SSSR count). The van der Waals surface area contributed by atoms with Crippen LogP contribution in [-0.2, 0) is 20.8 Å². The molecule has 8 nitrogen and oxygen atoms in total. The van der Waals surface area contributed by atoms with Crippen LogP contribution >= 0.6 is 15.9 Å². The molecule has 0 fully saturated rings. The van der Waals surface area contributed by atoms with Crippen molar-refractivity contribution in [1.82, 2.24) is 15.3 Å². The smallest absolute Gasteiger partial charge is 0.269 e. The zero-order valence-electron chi connectivity index (χ0n) is 13.9. The lowest BCUT2D eigenvalue weighted by molar-refractivity contribution is -0.114. The Kier molecular flexibility index (Phi) is 5.00. The van der Waals surface area contributed by atoms with Crippen LogP contribution in [0.1, 0.15) is 12.1 Å². The Morgan fingerprint density at radius 2 is 2.48 bits per heavy atom. The van der Waals surface area contributed by atoms with Crippen LogP contribution in [0.25, 0.3) is 0 Å². The average molecular weight is 409 g/mol. The number of allylic oxidation sites excluding steroid dienone is 1. The van der Waals surface area contributed by atoms with Crippen LogP contribution in [0.3, 0.4) is 0 Å². The van der Waals surface area contributed by atoms with Crippen LogP contribution in [0.5, 0.6) is 0 Å². The fourth-order valence-corrected chi connectivity index (χ4v) is 3.80. The molecule has 0 aromatic carbocycles. The molecule has 132 valence electrons. The SMILES string of the molecule is BC1=C[C@]2(CC(C(=O)NCCc3cnc[nH]3)=NO2)[C@H](O)C(Br)=C1OC. The minimum Gasteiger partial charge on any atom is -0.496 e. The fourth-order valence-electron chi connectivity index (χ4n) is 2.94. The third-order valence-electron chi connectivity index (χ3n) is 4.21. The van der Waals surface area contributed by atoms with Crippen molar-refractivity contribution in [3.05, 3.63) is 40.0 Å². The number of ether oxygens (including phenoxy) is 1. The molecule has 1 aromatic rings. The normalized spacial score (nSPS) is 25.5. The number of hydrogen-bond donors (Lipinski definition) is 3. The van der Waals surface area contributed by atoms with Gasteiger partial charge in [0.25, 0.3) is 5.91 Å². The fraction of sp³-hybridized carbons (Fsp3) is 0.400. The molecular weight excluding hydrogens is 391 g/mol. The number of hydrogen-bond acceptors (Lipinski definition) is 6. The quantitative estimate of drug-likeness (QED) is 0.581. The summed E-state index contributed by atoms with van der Waals surface area (Å²) < 4.78 is 5.75. The van der Waals surface area contributed by atoms with Crippen LogP contribution < -0.4 is 5.32 Å². The number of rotatable bonds is 5. The van der Waals surface area contributed by atoms with Crippen LogP contribution in [0.2, 0.25) is 0 Å². The number of H-pyrrole nitrogens is 1. The number of amides is 1. The minimum absolute atomic E-state index is 0.174. The molecule has 1 aromatic heterocycles. The second-order valence-electron chi connectivity index (χ2n) is 5.95. The van der Waals surface area contributed by atoms with E-state index in [4.69, 9.17) is 9.57 Å². The van der Waals surface area contributed by atoms with E-state index in [1.807, 2.05) is 7.85 Å². The molecule has 2 aliphatic rings. The Labute approximate surface area is 153 Å². The molecule has 3 N–H and O–H groups in total. The summed E-state index contributed by atoms with van der Waals surface area (Å²) in [6, 6.07) is 0. The summed E-state index contributed by atoms with van der Waals surface area (Å²) in [5.41, 5.74) is 0.884. The Balaban J connectivity index is 1.62. The van der Waals surface area contributed by atoms with Gasteiger partial charge in [-0.05, 0) is 27.5 Å². The standard InChI is InChI=1S/C15H18BBrN4O4/c1-24-12-9(16)4-15(13(22)11(12)17)5-10(21-25-15)14(23)19-3-2-8-6-18-7-20-8/h4,6-7,13,22H,2-3,5,16H2,1H3,(H,18,20)(H,19,23)/t13-,15+/m1/s1. The highest BCUT2D eigenvalue weighted by molar-refractivity contribution is 9.11. The first-order valence-corrected chi connectivity index (χ1v) is 8.58. The number of carbonyl (C=O) groups is 1. The summed E-state index contributed by atoms with van der Waals surface area (Å²) in [5.74, 6) is 0.242. The number of aromatic nitrogens is 2. The molecule has 0 radical (unpaired) electrons. The molecule has 0 bridgehead atoms. The molecule has 1 aliphatic heterocycles. The van der Waals surface area contributed by atoms with E-state index in [0.717, 1.165) is 11.2 Å². The lowest BCUT2D eigenvalue weighted by atomic mass is 9.78. The van der Waals surface area contributed by atoms with Gasteiger partial charge in [-0.25, -0.2) is 4.98 Å². The van der Waals surface area contributed by atoms with Crippen molar-refractivity contribution in [2.75, 3.05) is 13.7 Å². The lowest BCUT2D eigenvalue weighted by Gasteiger charge is -2.33. The Morgan fingerprint density at radius 1 is 1.68 bits per heavy atom. The molecule has 10 heteroatoms. The second kappa shape index (κ2) is 7.05. The van der Waals surface area contributed by atoms with Gasteiger partial charge in [-0.2, -0.15) is 0 Å². The maximum atomic E-state index is 12.3. The Hall–Kier alpha value is -2.07. The van der Waals surface area contributed by atoms with Gasteiger partial charge in [0.2, 0.25) is 0 Å². The van der Waals surface area contributed by atoms with Gasteiger partial charge in [0.15, 0.2) is 5.60 Å². The van der Waals surface area contributed by atoms with Crippen LogP contribution in [0.4, 0.5) is 0 Å². The summed E-state index contributed by atoms with van der Waals surface area (Å²) in [6.45, 7) is 0.446. The maximum absolute atomic E-state index is 12.3. The van der Waals surface area contributed by atoms with Gasteiger partial charge in [-0.3, -0.25) is 4.79 Å². The molecule has 1 amide bonds. The van der Waals surface area contributed by atoms with E-state index in [1.54, 1.807) is 18.6 Å². The summed E-state index contributed by atoms with van der Waals surface area (Å²) in [5, 5.41) is 17.3. The topological polar surface area (TPSA) is 109 Å². The Bertz CT molecular complexity index is 762. The van der Waals surface area contributed by atoms with Gasteiger partial charge in [0.05, 0.1) is 17.9 Å². The van der Waals surface area contributed by atoms with Crippen LogP contribution in [0.15, 0.2) is 39.5 Å². The molecule has 2 atom stereocenters. The number of carbonyl (C=O) groups excluding carboxylic acids is 1. The van der Waals surface area contributed by atoms with E-state index in [2.05, 4.69) is 36.4 Å². The summed E-state index contributed by atoms with van der Waals surface area (Å²) in [6.07, 6.45) is 4.85. The number of imidazole rings is 1. The molecule has 0 saturated carbocycles.